The van der Waals surface area contributed by atoms with Gasteiger partial charge in [-0.15, -0.1) is 0 Å². The van der Waals surface area contributed by atoms with Crippen molar-refractivity contribution in [2.24, 2.45) is 0 Å². The standard InChI is InChI=1S/C16H14ClN3O3/c17-11-2-1-3-12(7-11)19-16(22)18-8-10-4-5-13-14(6-10)23-9-15(21)20-13/h1-7H,8-9H2,(H,20,21)(H2,18,19,22). The van der Waals surface area contributed by atoms with Crippen molar-refractivity contribution in [3.8, 4) is 5.75 Å². The molecular weight excluding hydrogens is 318 g/mol. The van der Waals surface area contributed by atoms with Gasteiger partial charge in [0.1, 0.15) is 5.75 Å². The molecule has 0 spiro atoms. The second-order valence-electron chi connectivity index (χ2n) is 4.99. The molecule has 0 aliphatic carbocycles. The quantitative estimate of drug-likeness (QED) is 0.809. The second-order valence-corrected chi connectivity index (χ2v) is 5.42. The number of rotatable bonds is 3. The third kappa shape index (κ3) is 3.92. The number of hydrogen-bond acceptors (Lipinski definition) is 3. The van der Waals surface area contributed by atoms with E-state index in [0.29, 0.717) is 28.7 Å². The maximum atomic E-state index is 11.9. The van der Waals surface area contributed by atoms with E-state index >= 15 is 0 Å². The van der Waals surface area contributed by atoms with Crippen molar-refractivity contribution in [2.75, 3.05) is 17.2 Å². The van der Waals surface area contributed by atoms with E-state index < -0.39 is 0 Å². The lowest BCUT2D eigenvalue weighted by Crippen LogP contribution is -2.28. The summed E-state index contributed by atoms with van der Waals surface area (Å²) in [7, 11) is 0. The molecule has 0 aromatic heterocycles. The van der Waals surface area contributed by atoms with Crippen LogP contribution in [0.15, 0.2) is 42.5 Å². The summed E-state index contributed by atoms with van der Waals surface area (Å²) < 4.78 is 5.34. The van der Waals surface area contributed by atoms with E-state index in [1.807, 2.05) is 6.07 Å². The number of ether oxygens (including phenoxy) is 1. The summed E-state index contributed by atoms with van der Waals surface area (Å²) in [5, 5.41) is 8.71. The van der Waals surface area contributed by atoms with Crippen molar-refractivity contribution in [1.82, 2.24) is 5.32 Å². The molecule has 2 aromatic rings. The first-order valence-corrected chi connectivity index (χ1v) is 7.34. The smallest absolute Gasteiger partial charge is 0.319 e. The van der Waals surface area contributed by atoms with Crippen LogP contribution in [0.25, 0.3) is 0 Å². The van der Waals surface area contributed by atoms with Crippen LogP contribution in [-0.4, -0.2) is 18.5 Å². The molecule has 3 N–H and O–H groups in total. The van der Waals surface area contributed by atoms with Crippen molar-refractivity contribution < 1.29 is 14.3 Å². The summed E-state index contributed by atoms with van der Waals surface area (Å²) in [5.41, 5.74) is 2.11. The number of anilines is 2. The Bertz CT molecular complexity index is 764. The first kappa shape index (κ1) is 15.2. The number of benzene rings is 2. The molecule has 6 nitrogen and oxygen atoms in total. The summed E-state index contributed by atoms with van der Waals surface area (Å²) in [5.74, 6) is 0.420. The SMILES string of the molecule is O=C1COc2cc(CNC(=O)Nc3cccc(Cl)c3)ccc2N1. The van der Waals surface area contributed by atoms with E-state index in [2.05, 4.69) is 16.0 Å². The third-order valence-electron chi connectivity index (χ3n) is 3.21. The Hall–Kier alpha value is -2.73. The van der Waals surface area contributed by atoms with Gasteiger partial charge in [0.25, 0.3) is 5.91 Å². The van der Waals surface area contributed by atoms with Gasteiger partial charge in [-0.25, -0.2) is 4.79 Å². The van der Waals surface area contributed by atoms with Crippen LogP contribution in [-0.2, 0) is 11.3 Å². The van der Waals surface area contributed by atoms with Gasteiger partial charge in [0.05, 0.1) is 5.69 Å². The normalized spacial score (nSPS) is 12.7. The fourth-order valence-corrected chi connectivity index (χ4v) is 2.34. The molecule has 1 aliphatic heterocycles. The van der Waals surface area contributed by atoms with Gasteiger partial charge in [0, 0.05) is 17.3 Å². The van der Waals surface area contributed by atoms with E-state index in [4.69, 9.17) is 16.3 Å². The van der Waals surface area contributed by atoms with E-state index in [9.17, 15) is 9.59 Å². The molecule has 0 unspecified atom stereocenters. The number of carbonyl (C=O) groups excluding carboxylic acids is 2. The van der Waals surface area contributed by atoms with E-state index in [0.717, 1.165) is 5.56 Å². The number of amides is 3. The molecule has 7 heteroatoms. The van der Waals surface area contributed by atoms with Crippen molar-refractivity contribution in [1.29, 1.82) is 0 Å². The zero-order chi connectivity index (χ0) is 16.2. The molecular formula is C16H14ClN3O3. The predicted molar refractivity (Wildman–Crippen MR) is 87.9 cm³/mol. The summed E-state index contributed by atoms with van der Waals surface area (Å²) in [6.07, 6.45) is 0. The minimum Gasteiger partial charge on any atom is -0.482 e. The lowest BCUT2D eigenvalue weighted by Gasteiger charge is -2.18. The molecule has 0 atom stereocenters. The molecule has 3 rings (SSSR count). The molecule has 0 fully saturated rings. The number of halogens is 1. The maximum Gasteiger partial charge on any atom is 0.319 e. The monoisotopic (exact) mass is 331 g/mol. The Balaban J connectivity index is 1.58. The highest BCUT2D eigenvalue weighted by Gasteiger charge is 2.15. The highest BCUT2D eigenvalue weighted by Crippen LogP contribution is 2.28. The van der Waals surface area contributed by atoms with Gasteiger partial charge in [0.2, 0.25) is 0 Å². The lowest BCUT2D eigenvalue weighted by atomic mass is 10.1. The molecule has 3 amide bonds. The van der Waals surface area contributed by atoms with Gasteiger partial charge in [-0.2, -0.15) is 0 Å². The number of nitrogens with one attached hydrogen (secondary N) is 3. The van der Waals surface area contributed by atoms with Gasteiger partial charge in [-0.05, 0) is 35.9 Å². The molecule has 118 valence electrons. The largest absolute Gasteiger partial charge is 0.482 e. The highest BCUT2D eigenvalue weighted by atomic mass is 35.5. The summed E-state index contributed by atoms with van der Waals surface area (Å²) in [4.78, 5) is 23.1. The predicted octanol–water partition coefficient (Wildman–Crippen LogP) is 2.99. The summed E-state index contributed by atoms with van der Waals surface area (Å²) in [6, 6.07) is 11.9. The highest BCUT2D eigenvalue weighted by molar-refractivity contribution is 6.30. The van der Waals surface area contributed by atoms with Gasteiger partial charge in [-0.3, -0.25) is 4.79 Å². The third-order valence-corrected chi connectivity index (χ3v) is 3.45. The van der Waals surface area contributed by atoms with Crippen LogP contribution in [0.5, 0.6) is 5.75 Å². The topological polar surface area (TPSA) is 79.5 Å². The van der Waals surface area contributed by atoms with Crippen molar-refractivity contribution in [2.45, 2.75) is 6.54 Å². The Morgan fingerprint density at radius 1 is 1.26 bits per heavy atom. The molecule has 0 saturated heterocycles. The summed E-state index contributed by atoms with van der Waals surface area (Å²) >= 11 is 5.86. The van der Waals surface area contributed by atoms with Crippen LogP contribution in [0, 0.1) is 0 Å². The van der Waals surface area contributed by atoms with Gasteiger partial charge >= 0.3 is 6.03 Å². The fraction of sp³-hybridized carbons (Fsp3) is 0.125. The van der Waals surface area contributed by atoms with Gasteiger partial charge in [0.15, 0.2) is 6.61 Å². The Labute approximate surface area is 137 Å². The molecule has 23 heavy (non-hydrogen) atoms. The molecule has 0 saturated carbocycles. The summed E-state index contributed by atoms with van der Waals surface area (Å²) in [6.45, 7) is 0.329. The van der Waals surface area contributed by atoms with Gasteiger partial charge < -0.3 is 20.7 Å². The molecule has 2 aromatic carbocycles. The van der Waals surface area contributed by atoms with Crippen LogP contribution in [0.1, 0.15) is 5.56 Å². The van der Waals surface area contributed by atoms with Crippen LogP contribution in [0.4, 0.5) is 16.2 Å². The Morgan fingerprint density at radius 3 is 2.96 bits per heavy atom. The second kappa shape index (κ2) is 6.58. The minimum absolute atomic E-state index is 0.000859. The zero-order valence-electron chi connectivity index (χ0n) is 12.1. The number of carbonyl (C=O) groups is 2. The first-order valence-electron chi connectivity index (χ1n) is 6.96. The van der Waals surface area contributed by atoms with Crippen LogP contribution >= 0.6 is 11.6 Å². The number of hydrogen-bond donors (Lipinski definition) is 3. The van der Waals surface area contributed by atoms with Crippen LogP contribution < -0.4 is 20.7 Å². The zero-order valence-corrected chi connectivity index (χ0v) is 12.8. The van der Waals surface area contributed by atoms with E-state index in [-0.39, 0.29) is 18.5 Å². The first-order chi connectivity index (χ1) is 11.1. The minimum atomic E-state index is -0.334. The van der Waals surface area contributed by atoms with Crippen molar-refractivity contribution in [3.05, 3.63) is 53.1 Å². The number of urea groups is 1. The fourth-order valence-electron chi connectivity index (χ4n) is 2.15. The average Bonchev–Trinajstić information content (AvgIpc) is 2.53. The van der Waals surface area contributed by atoms with Gasteiger partial charge in [-0.1, -0.05) is 23.7 Å². The molecule has 0 bridgehead atoms. The van der Waals surface area contributed by atoms with Crippen LogP contribution in [0.3, 0.4) is 0 Å². The van der Waals surface area contributed by atoms with Crippen molar-refractivity contribution >= 4 is 34.9 Å². The van der Waals surface area contributed by atoms with Crippen LogP contribution in [0.2, 0.25) is 5.02 Å². The maximum absolute atomic E-state index is 11.9. The Kier molecular flexibility index (Phi) is 4.34. The molecule has 0 radical (unpaired) electrons. The van der Waals surface area contributed by atoms with E-state index in [1.165, 1.54) is 0 Å². The molecule has 1 aliphatic rings. The van der Waals surface area contributed by atoms with E-state index in [1.54, 1.807) is 36.4 Å². The lowest BCUT2D eigenvalue weighted by molar-refractivity contribution is -0.118. The number of fused-ring (bicyclic) bond motifs is 1. The van der Waals surface area contributed by atoms with Crippen molar-refractivity contribution in [3.63, 3.8) is 0 Å². The molecule has 1 heterocycles. The average molecular weight is 332 g/mol. The Morgan fingerprint density at radius 2 is 2.13 bits per heavy atom.